The summed E-state index contributed by atoms with van der Waals surface area (Å²) in [7, 11) is 0. The summed E-state index contributed by atoms with van der Waals surface area (Å²) >= 11 is 0. The Morgan fingerprint density at radius 2 is 0.900 bits per heavy atom. The van der Waals surface area contributed by atoms with E-state index in [-0.39, 0.29) is 22.0 Å². The summed E-state index contributed by atoms with van der Waals surface area (Å²) < 4.78 is 0. The number of rotatable bonds is 0. The lowest BCUT2D eigenvalue weighted by Crippen LogP contribution is -2.48. The van der Waals surface area contributed by atoms with E-state index in [1.54, 1.807) is 0 Å². The minimum absolute atomic E-state index is 0. The molecule has 0 fully saturated rings. The van der Waals surface area contributed by atoms with Crippen molar-refractivity contribution >= 4 is 11.0 Å². The lowest BCUT2D eigenvalue weighted by atomic mass is 10.0. The second-order valence-corrected chi connectivity index (χ2v) is 4.62. The molecule has 0 aliphatic rings. The molecule has 0 saturated heterocycles. The number of hydrogen-bond donors (Lipinski definition) is 1. The Balaban J connectivity index is 0. The lowest BCUT2D eigenvalue weighted by Gasteiger charge is -2.31. The second-order valence-electron chi connectivity index (χ2n) is 4.62. The van der Waals surface area contributed by atoms with Gasteiger partial charge in [0.1, 0.15) is 0 Å². The van der Waals surface area contributed by atoms with Crippen LogP contribution in [0.5, 0.6) is 0 Å². The van der Waals surface area contributed by atoms with Crippen LogP contribution in [0.1, 0.15) is 41.5 Å². The Morgan fingerprint density at radius 3 is 0.900 bits per heavy atom. The van der Waals surface area contributed by atoms with Gasteiger partial charge in [-0.25, -0.2) is 0 Å². The maximum absolute atomic E-state index is 3.46. The van der Waals surface area contributed by atoms with E-state index in [4.69, 9.17) is 0 Å². The average Bonchev–Trinajstić information content (AvgIpc) is 1.14. The van der Waals surface area contributed by atoms with Gasteiger partial charge >= 0.3 is 0 Å². The maximum atomic E-state index is 3.46. The molecule has 0 heterocycles. The predicted octanol–water partition coefficient (Wildman–Crippen LogP) is 0.721. The Kier molecular flexibility index (Phi) is 4.53. The van der Waals surface area contributed by atoms with Crippen LogP contribution in [0.2, 0.25) is 0 Å². The van der Waals surface area contributed by atoms with Crippen molar-refractivity contribution in [3.05, 3.63) is 0 Å². The average molecular weight is 161 g/mol. The monoisotopic (exact) mass is 161 g/mol. The molecule has 1 N–H and O–H groups in total. The van der Waals surface area contributed by atoms with Gasteiger partial charge in [0.05, 0.1) is 0 Å². The summed E-state index contributed by atoms with van der Waals surface area (Å²) in [6.07, 6.45) is 0. The predicted molar refractivity (Wildman–Crippen MR) is 54.0 cm³/mol. The van der Waals surface area contributed by atoms with Gasteiger partial charge in [-0.2, -0.15) is 0 Å². The van der Waals surface area contributed by atoms with Crippen LogP contribution in [0.25, 0.3) is 0 Å². The topological polar surface area (TPSA) is 12.0 Å². The molecule has 0 aromatic carbocycles. The van der Waals surface area contributed by atoms with Crippen molar-refractivity contribution in [2.75, 3.05) is 0 Å². The minimum atomic E-state index is 0. The van der Waals surface area contributed by atoms with E-state index >= 15 is 0 Å². The Bertz CT molecular complexity index is 74.4. The first kappa shape index (κ1) is 12.8. The molecule has 0 aromatic rings. The lowest BCUT2D eigenvalue weighted by molar-refractivity contribution is 0.303. The van der Waals surface area contributed by atoms with Crippen LogP contribution in [0, 0.1) is 0 Å². The zero-order valence-electron chi connectivity index (χ0n) is 7.50. The van der Waals surface area contributed by atoms with E-state index in [0.717, 1.165) is 0 Å². The van der Waals surface area contributed by atoms with E-state index < -0.39 is 0 Å². The highest BCUT2D eigenvalue weighted by Crippen LogP contribution is 2.08. The van der Waals surface area contributed by atoms with Crippen LogP contribution < -0.4 is 5.32 Å². The van der Waals surface area contributed by atoms with Gasteiger partial charge in [-0.1, -0.05) is 0 Å². The van der Waals surface area contributed by atoms with Gasteiger partial charge in [-0.05, 0) is 52.5 Å². The van der Waals surface area contributed by atoms with Gasteiger partial charge in [0.25, 0.3) is 0 Å². The Morgan fingerprint density at radius 1 is 0.700 bits per heavy atom. The fourth-order valence-electron chi connectivity index (χ4n) is 1.12. The van der Waals surface area contributed by atoms with E-state index in [1.807, 2.05) is 0 Å². The van der Waals surface area contributed by atoms with E-state index in [9.17, 15) is 0 Å². The van der Waals surface area contributed by atoms with Gasteiger partial charge in [0.15, 0.2) is 0 Å². The maximum Gasteiger partial charge on any atom is 0.0101 e. The van der Waals surface area contributed by atoms with E-state index in [0.29, 0.717) is 0 Å². The van der Waals surface area contributed by atoms with Gasteiger partial charge in [0.2, 0.25) is 0 Å². The molecule has 0 aliphatic carbocycles. The summed E-state index contributed by atoms with van der Waals surface area (Å²) in [6.45, 7) is 13.1. The quantitative estimate of drug-likeness (QED) is 0.516. The first-order valence-corrected chi connectivity index (χ1v) is 3.50. The van der Waals surface area contributed by atoms with E-state index in [1.165, 1.54) is 0 Å². The molecule has 1 nitrogen and oxygen atoms in total. The highest BCUT2D eigenvalue weighted by atomic mass is 28.1. The molecule has 0 rings (SSSR count). The van der Waals surface area contributed by atoms with E-state index in [2.05, 4.69) is 46.9 Å². The molecule has 0 amide bonds. The third-order valence-electron chi connectivity index (χ3n) is 0.750. The number of nitrogens with one attached hydrogen (secondary N) is 1. The van der Waals surface area contributed by atoms with Crippen molar-refractivity contribution in [3.8, 4) is 0 Å². The molecule has 0 aliphatic heterocycles. The second kappa shape index (κ2) is 3.53. The third-order valence-corrected chi connectivity index (χ3v) is 0.750. The van der Waals surface area contributed by atoms with Crippen LogP contribution in [-0.4, -0.2) is 22.0 Å². The summed E-state index contributed by atoms with van der Waals surface area (Å²) in [6, 6.07) is 0. The summed E-state index contributed by atoms with van der Waals surface area (Å²) in [4.78, 5) is 0. The third kappa shape index (κ3) is 11.0. The largest absolute Gasteiger partial charge is 0.307 e. The molecule has 0 unspecified atom stereocenters. The molecule has 0 spiro atoms. The molecule has 0 aromatic heterocycles. The molecule has 2 heteroatoms. The molecular weight excluding hydrogens is 138 g/mol. The molecule has 64 valence electrons. The van der Waals surface area contributed by atoms with Crippen molar-refractivity contribution in [1.82, 2.24) is 5.32 Å². The smallest absolute Gasteiger partial charge is 0.0101 e. The zero-order valence-corrected chi connectivity index (χ0v) is 7.50. The Labute approximate surface area is 69.6 Å². The first-order chi connectivity index (χ1) is 3.71. The minimum Gasteiger partial charge on any atom is -0.307 e. The highest BCUT2D eigenvalue weighted by Gasteiger charge is 2.17. The van der Waals surface area contributed by atoms with Crippen LogP contribution in [0.15, 0.2) is 0 Å². The molecular formula is C8H23NSi. The van der Waals surface area contributed by atoms with Crippen LogP contribution in [-0.2, 0) is 0 Å². The Hall–Kier alpha value is 0.177. The summed E-state index contributed by atoms with van der Waals surface area (Å²) in [5, 5.41) is 3.46. The van der Waals surface area contributed by atoms with Gasteiger partial charge < -0.3 is 5.32 Å². The fraction of sp³-hybridized carbons (Fsp3) is 1.00. The summed E-state index contributed by atoms with van der Waals surface area (Å²) in [5.41, 5.74) is 0.469. The standard InChI is InChI=1S/C8H19N.H4Si/c1-7(2,3)9-8(4,5)6;/h9H,1-6H3;1H4. The SMILES string of the molecule is CC(C)(C)NC(C)(C)C.[SiH4]. The van der Waals surface area contributed by atoms with Crippen molar-refractivity contribution in [3.63, 3.8) is 0 Å². The van der Waals surface area contributed by atoms with Crippen molar-refractivity contribution in [2.24, 2.45) is 0 Å². The fourth-order valence-corrected chi connectivity index (χ4v) is 1.12. The van der Waals surface area contributed by atoms with Crippen LogP contribution in [0.3, 0.4) is 0 Å². The number of hydrogen-bond acceptors (Lipinski definition) is 1. The van der Waals surface area contributed by atoms with Crippen LogP contribution in [0.4, 0.5) is 0 Å². The van der Waals surface area contributed by atoms with Gasteiger partial charge in [-0.15, -0.1) is 0 Å². The molecule has 0 saturated carbocycles. The zero-order chi connectivity index (χ0) is 7.71. The summed E-state index contributed by atoms with van der Waals surface area (Å²) in [5.74, 6) is 0. The molecule has 10 heavy (non-hydrogen) atoms. The van der Waals surface area contributed by atoms with Crippen LogP contribution >= 0.6 is 0 Å². The molecule has 0 radical (unpaired) electrons. The van der Waals surface area contributed by atoms with Crippen molar-refractivity contribution < 1.29 is 0 Å². The van der Waals surface area contributed by atoms with Crippen molar-refractivity contribution in [2.45, 2.75) is 52.6 Å². The van der Waals surface area contributed by atoms with Gasteiger partial charge in [-0.3, -0.25) is 0 Å². The highest BCUT2D eigenvalue weighted by molar-refractivity contribution is 5.75. The first-order valence-electron chi connectivity index (χ1n) is 3.50. The van der Waals surface area contributed by atoms with Gasteiger partial charge in [0, 0.05) is 11.1 Å². The van der Waals surface area contributed by atoms with Crippen molar-refractivity contribution in [1.29, 1.82) is 0 Å². The normalized spacial score (nSPS) is 12.6. The molecule has 0 atom stereocenters. The molecule has 0 bridgehead atoms.